The van der Waals surface area contributed by atoms with Crippen LogP contribution in [0.25, 0.3) is 0 Å². The minimum absolute atomic E-state index is 0.0781. The van der Waals surface area contributed by atoms with E-state index in [4.69, 9.17) is 15.0 Å². The van der Waals surface area contributed by atoms with Gasteiger partial charge in [0.1, 0.15) is 0 Å². The van der Waals surface area contributed by atoms with Gasteiger partial charge < -0.3 is 20.6 Å². The van der Waals surface area contributed by atoms with E-state index in [2.05, 4.69) is 11.9 Å². The topological polar surface area (TPSA) is 107 Å². The fourth-order valence-electron chi connectivity index (χ4n) is 1.30. The van der Waals surface area contributed by atoms with E-state index in [1.54, 1.807) is 0 Å². The summed E-state index contributed by atoms with van der Waals surface area (Å²) in [6.45, 7) is 3.47. The molecule has 0 bridgehead atoms. The number of carboxylic acids is 2. The molecule has 1 atom stereocenters. The summed E-state index contributed by atoms with van der Waals surface area (Å²) in [4.78, 5) is 19.4. The molecule has 6 nitrogen and oxygen atoms in total. The number of benzene rings is 1. The maximum atomic E-state index is 10.6. The number of alkyl halides is 3. The molecule has 9 heteroatoms. The average molecular weight is 335 g/mol. The lowest BCUT2D eigenvalue weighted by Crippen LogP contribution is -2.27. The van der Waals surface area contributed by atoms with E-state index in [-0.39, 0.29) is 24.8 Å². The fraction of sp³-hybridized carbons (Fsp3) is 0.286. The summed E-state index contributed by atoms with van der Waals surface area (Å²) in [5.74, 6) is -3.79. The van der Waals surface area contributed by atoms with E-state index < -0.39 is 18.1 Å². The molecule has 4 N–H and O–H groups in total. The lowest BCUT2D eigenvalue weighted by molar-refractivity contribution is -0.192. The molecule has 0 spiro atoms. The Morgan fingerprint density at radius 3 is 2.00 bits per heavy atom. The van der Waals surface area contributed by atoms with Gasteiger partial charge in [0.25, 0.3) is 0 Å². The Kier molecular flexibility index (Phi) is 8.59. The summed E-state index contributed by atoms with van der Waals surface area (Å²) in [6.07, 6.45) is -5.08. The van der Waals surface area contributed by atoms with Gasteiger partial charge >= 0.3 is 18.1 Å². The first-order valence-corrected chi connectivity index (χ1v) is 6.20. The molecule has 0 unspecified atom stereocenters. The van der Waals surface area contributed by atoms with Crippen molar-refractivity contribution in [1.82, 2.24) is 5.32 Å². The van der Waals surface area contributed by atoms with Crippen LogP contribution in [0.1, 0.15) is 11.6 Å². The summed E-state index contributed by atoms with van der Waals surface area (Å²) < 4.78 is 31.7. The number of carbonyl (C=O) groups is 2. The Labute approximate surface area is 129 Å². The highest BCUT2D eigenvalue weighted by atomic mass is 19.4. The Bertz CT molecular complexity index is 531. The maximum Gasteiger partial charge on any atom is 0.490 e. The second-order valence-corrected chi connectivity index (χ2v) is 4.24. The Balaban J connectivity index is 0.000000585. The predicted octanol–water partition coefficient (Wildman–Crippen LogP) is 1.58. The number of nitrogens with one attached hydrogen (secondary N) is 1. The lowest BCUT2D eigenvalue weighted by Gasteiger charge is -2.16. The summed E-state index contributed by atoms with van der Waals surface area (Å²) >= 11 is 0. The van der Waals surface area contributed by atoms with Crippen LogP contribution in [0.3, 0.4) is 0 Å². The van der Waals surface area contributed by atoms with Crippen molar-refractivity contribution in [2.75, 3.05) is 13.2 Å². The van der Waals surface area contributed by atoms with Crippen molar-refractivity contribution < 1.29 is 38.1 Å². The third-order valence-electron chi connectivity index (χ3n) is 2.49. The van der Waals surface area contributed by atoms with Crippen molar-refractivity contribution >= 4 is 11.9 Å². The zero-order valence-corrected chi connectivity index (χ0v) is 11.9. The number of carboxylic acid groups (broad SMARTS) is 2. The number of halogens is 3. The van der Waals surface area contributed by atoms with Crippen LogP contribution in [0.5, 0.6) is 0 Å². The zero-order valence-electron chi connectivity index (χ0n) is 11.9. The molecular weight excluding hydrogens is 319 g/mol. The maximum absolute atomic E-state index is 10.6. The number of hydrogen-bond donors (Lipinski definition) is 4. The van der Waals surface area contributed by atoms with Crippen LogP contribution in [-0.2, 0) is 9.59 Å². The van der Waals surface area contributed by atoms with Gasteiger partial charge in [-0.2, -0.15) is 13.2 Å². The van der Waals surface area contributed by atoms with Crippen LogP contribution < -0.4 is 5.32 Å². The van der Waals surface area contributed by atoms with Crippen molar-refractivity contribution in [1.29, 1.82) is 0 Å². The van der Waals surface area contributed by atoms with Crippen LogP contribution >= 0.6 is 0 Å². The molecule has 1 aromatic carbocycles. The summed E-state index contributed by atoms with van der Waals surface area (Å²) in [7, 11) is 0. The van der Waals surface area contributed by atoms with Crippen LogP contribution in [0.2, 0.25) is 0 Å². The highest BCUT2D eigenvalue weighted by Crippen LogP contribution is 2.13. The van der Waals surface area contributed by atoms with Crippen LogP contribution in [0.15, 0.2) is 42.5 Å². The normalized spacial score (nSPS) is 11.8. The van der Waals surface area contributed by atoms with Crippen LogP contribution in [0.4, 0.5) is 13.2 Å². The van der Waals surface area contributed by atoms with E-state index >= 15 is 0 Å². The molecule has 0 aliphatic carbocycles. The van der Waals surface area contributed by atoms with E-state index in [1.165, 1.54) is 0 Å². The third kappa shape index (κ3) is 8.59. The molecule has 0 saturated carbocycles. The first-order valence-electron chi connectivity index (χ1n) is 6.20. The Morgan fingerprint density at radius 2 is 1.65 bits per heavy atom. The van der Waals surface area contributed by atoms with E-state index in [0.29, 0.717) is 0 Å². The number of hydrogen-bond acceptors (Lipinski definition) is 4. The van der Waals surface area contributed by atoms with E-state index in [9.17, 15) is 23.1 Å². The molecule has 0 aliphatic rings. The molecule has 0 heterocycles. The van der Waals surface area contributed by atoms with Gasteiger partial charge in [-0.1, -0.05) is 36.9 Å². The first-order chi connectivity index (χ1) is 10.6. The minimum atomic E-state index is -5.08. The Morgan fingerprint density at radius 1 is 1.17 bits per heavy atom. The molecular formula is C14H16F3NO5. The van der Waals surface area contributed by atoms with Gasteiger partial charge in [0.15, 0.2) is 0 Å². The van der Waals surface area contributed by atoms with Crippen LogP contribution in [0, 0.1) is 0 Å². The zero-order chi connectivity index (χ0) is 18.0. The monoisotopic (exact) mass is 335 g/mol. The number of aliphatic carboxylic acids is 2. The fourth-order valence-corrected chi connectivity index (χ4v) is 1.30. The number of rotatable bonds is 6. The molecule has 1 aromatic rings. The van der Waals surface area contributed by atoms with Gasteiger partial charge in [-0.25, -0.2) is 9.59 Å². The second kappa shape index (κ2) is 9.59. The Hall–Kier alpha value is -2.39. The van der Waals surface area contributed by atoms with Crippen molar-refractivity contribution in [3.05, 3.63) is 48.0 Å². The molecule has 128 valence electrons. The van der Waals surface area contributed by atoms with Crippen LogP contribution in [-0.4, -0.2) is 46.6 Å². The van der Waals surface area contributed by atoms with Gasteiger partial charge in [-0.15, -0.1) is 0 Å². The van der Waals surface area contributed by atoms with Crippen molar-refractivity contribution in [3.8, 4) is 0 Å². The summed E-state index contributed by atoms with van der Waals surface area (Å²) in [5.41, 5.74) is 0.998. The minimum Gasteiger partial charge on any atom is -0.478 e. The van der Waals surface area contributed by atoms with Crippen molar-refractivity contribution in [3.63, 3.8) is 0 Å². The molecule has 0 saturated heterocycles. The van der Waals surface area contributed by atoms with Gasteiger partial charge in [0.05, 0.1) is 12.6 Å². The molecule has 0 fully saturated rings. The second-order valence-electron chi connectivity index (χ2n) is 4.24. The lowest BCUT2D eigenvalue weighted by atomic mass is 10.1. The van der Waals surface area contributed by atoms with Gasteiger partial charge in [-0.3, -0.25) is 0 Å². The number of aliphatic hydroxyl groups excluding tert-OH is 1. The third-order valence-corrected chi connectivity index (χ3v) is 2.49. The highest BCUT2D eigenvalue weighted by molar-refractivity contribution is 5.86. The SMILES string of the molecule is C=C(CN[C@@H](CO)c1ccccc1)C(=O)O.O=C(O)C(F)(F)F. The summed E-state index contributed by atoms with van der Waals surface area (Å²) in [5, 5.41) is 27.9. The predicted molar refractivity (Wildman–Crippen MR) is 74.7 cm³/mol. The molecule has 1 rings (SSSR count). The largest absolute Gasteiger partial charge is 0.490 e. The molecule has 0 aromatic heterocycles. The standard InChI is InChI=1S/C12H15NO3.C2HF3O2/c1-9(12(15)16)7-13-11(8-14)10-5-3-2-4-6-10;3-2(4,5)1(6)7/h2-6,11,13-14H,1,7-8H2,(H,15,16);(H,6,7)/t11-;/m0./s1. The van der Waals surface area contributed by atoms with E-state index in [0.717, 1.165) is 5.56 Å². The molecule has 0 aliphatic heterocycles. The number of aliphatic hydroxyl groups is 1. The van der Waals surface area contributed by atoms with Gasteiger partial charge in [0.2, 0.25) is 0 Å². The molecule has 0 radical (unpaired) electrons. The van der Waals surface area contributed by atoms with Crippen molar-refractivity contribution in [2.45, 2.75) is 12.2 Å². The van der Waals surface area contributed by atoms with Gasteiger partial charge in [-0.05, 0) is 5.56 Å². The summed E-state index contributed by atoms with van der Waals surface area (Å²) in [6, 6.07) is 9.10. The van der Waals surface area contributed by atoms with Crippen molar-refractivity contribution in [2.24, 2.45) is 0 Å². The average Bonchev–Trinajstić information content (AvgIpc) is 2.48. The molecule has 0 amide bonds. The highest BCUT2D eigenvalue weighted by Gasteiger charge is 2.38. The quantitative estimate of drug-likeness (QED) is 0.588. The van der Waals surface area contributed by atoms with Gasteiger partial charge in [0, 0.05) is 12.1 Å². The smallest absolute Gasteiger partial charge is 0.478 e. The van der Waals surface area contributed by atoms with E-state index in [1.807, 2.05) is 30.3 Å². The first kappa shape index (κ1) is 20.6. The molecule has 23 heavy (non-hydrogen) atoms.